The van der Waals surface area contributed by atoms with Crippen LogP contribution < -0.4 is 0 Å². The minimum Gasteiger partial charge on any atom is -0.454 e. The summed E-state index contributed by atoms with van der Waals surface area (Å²) in [4.78, 5) is 24.3. The quantitative estimate of drug-likeness (QED) is 0.278. The third-order valence-corrected chi connectivity index (χ3v) is 4.45. The van der Waals surface area contributed by atoms with Gasteiger partial charge in [-0.1, -0.05) is 23.7 Å². The SMILES string of the molecule is COCCCn1c(C)cc(C(=O)COC(=O)/C=C/c2cccc(Cl)c2)c1C. The maximum atomic E-state index is 12.4. The summed E-state index contributed by atoms with van der Waals surface area (Å²) < 4.78 is 12.2. The molecule has 1 aromatic carbocycles. The molecule has 1 aromatic heterocycles. The van der Waals surface area contributed by atoms with E-state index in [0.717, 1.165) is 29.9 Å². The van der Waals surface area contributed by atoms with Crippen molar-refractivity contribution in [1.29, 1.82) is 0 Å². The molecule has 0 fully saturated rings. The molecule has 0 atom stereocenters. The fourth-order valence-corrected chi connectivity index (χ4v) is 3.03. The molecule has 27 heavy (non-hydrogen) atoms. The number of nitrogens with zero attached hydrogens (tertiary/aromatic N) is 1. The molecule has 0 saturated carbocycles. The molecule has 6 heteroatoms. The molecule has 2 aromatic rings. The molecule has 0 unspecified atom stereocenters. The minimum atomic E-state index is -0.572. The van der Waals surface area contributed by atoms with E-state index in [0.29, 0.717) is 17.2 Å². The number of Topliss-reactive ketones (excluding diaryl/α,β-unsaturated/α-hetero) is 1. The van der Waals surface area contributed by atoms with Crippen molar-refractivity contribution in [2.24, 2.45) is 0 Å². The Bertz CT molecular complexity index is 839. The predicted octanol–water partition coefficient (Wildman–Crippen LogP) is 4.23. The van der Waals surface area contributed by atoms with E-state index >= 15 is 0 Å². The van der Waals surface area contributed by atoms with E-state index in [9.17, 15) is 9.59 Å². The minimum absolute atomic E-state index is 0.217. The summed E-state index contributed by atoms with van der Waals surface area (Å²) in [7, 11) is 1.67. The molecule has 0 bridgehead atoms. The Labute approximate surface area is 164 Å². The lowest BCUT2D eigenvalue weighted by Gasteiger charge is -2.09. The molecule has 0 aliphatic carbocycles. The van der Waals surface area contributed by atoms with Crippen molar-refractivity contribution in [2.75, 3.05) is 20.3 Å². The van der Waals surface area contributed by atoms with Crippen LogP contribution in [0.2, 0.25) is 5.02 Å². The van der Waals surface area contributed by atoms with Crippen LogP contribution in [-0.4, -0.2) is 36.6 Å². The van der Waals surface area contributed by atoms with E-state index in [1.807, 2.05) is 26.0 Å². The second kappa shape index (κ2) is 10.1. The predicted molar refractivity (Wildman–Crippen MR) is 106 cm³/mol. The first-order valence-corrected chi connectivity index (χ1v) is 9.09. The van der Waals surface area contributed by atoms with Gasteiger partial charge in [-0.15, -0.1) is 0 Å². The number of benzene rings is 1. The van der Waals surface area contributed by atoms with Gasteiger partial charge in [-0.05, 0) is 50.1 Å². The maximum absolute atomic E-state index is 12.4. The zero-order valence-corrected chi connectivity index (χ0v) is 16.6. The zero-order chi connectivity index (χ0) is 19.8. The van der Waals surface area contributed by atoms with Crippen LogP contribution in [0.3, 0.4) is 0 Å². The normalized spacial score (nSPS) is 11.1. The van der Waals surface area contributed by atoms with Crippen molar-refractivity contribution in [3.05, 3.63) is 63.9 Å². The van der Waals surface area contributed by atoms with Crippen molar-refractivity contribution < 1.29 is 19.1 Å². The van der Waals surface area contributed by atoms with Gasteiger partial charge in [-0.3, -0.25) is 4.79 Å². The zero-order valence-electron chi connectivity index (χ0n) is 15.8. The topological polar surface area (TPSA) is 57.5 Å². The summed E-state index contributed by atoms with van der Waals surface area (Å²) in [5.41, 5.74) is 3.24. The van der Waals surface area contributed by atoms with E-state index < -0.39 is 5.97 Å². The Morgan fingerprint density at radius 3 is 2.70 bits per heavy atom. The fourth-order valence-electron chi connectivity index (χ4n) is 2.83. The Balaban J connectivity index is 1.93. The second-order valence-corrected chi connectivity index (χ2v) is 6.64. The van der Waals surface area contributed by atoms with Gasteiger partial charge in [0.15, 0.2) is 6.61 Å². The highest BCUT2D eigenvalue weighted by Crippen LogP contribution is 2.17. The van der Waals surface area contributed by atoms with Gasteiger partial charge in [-0.2, -0.15) is 0 Å². The lowest BCUT2D eigenvalue weighted by atomic mass is 10.1. The highest BCUT2D eigenvalue weighted by Gasteiger charge is 2.16. The summed E-state index contributed by atoms with van der Waals surface area (Å²) in [6, 6.07) is 8.93. The van der Waals surface area contributed by atoms with E-state index in [1.165, 1.54) is 6.08 Å². The number of ether oxygens (including phenoxy) is 2. The molecule has 0 N–H and O–H groups in total. The highest BCUT2D eigenvalue weighted by molar-refractivity contribution is 6.30. The molecule has 144 valence electrons. The maximum Gasteiger partial charge on any atom is 0.331 e. The van der Waals surface area contributed by atoms with Gasteiger partial charge in [0.25, 0.3) is 0 Å². The first-order chi connectivity index (χ1) is 12.9. The number of halogens is 1. The third-order valence-electron chi connectivity index (χ3n) is 4.21. The molecule has 0 spiro atoms. The first kappa shape index (κ1) is 20.9. The van der Waals surface area contributed by atoms with Gasteiger partial charge >= 0.3 is 5.97 Å². The molecule has 1 heterocycles. The lowest BCUT2D eigenvalue weighted by Crippen LogP contribution is -2.14. The van der Waals surface area contributed by atoms with Crippen LogP contribution >= 0.6 is 11.6 Å². The van der Waals surface area contributed by atoms with Crippen LogP contribution in [0.4, 0.5) is 0 Å². The summed E-state index contributed by atoms with van der Waals surface area (Å²) >= 11 is 5.90. The van der Waals surface area contributed by atoms with Gasteiger partial charge < -0.3 is 14.0 Å². The van der Waals surface area contributed by atoms with Gasteiger partial charge in [0, 0.05) is 48.3 Å². The molecular weight excluding hydrogens is 366 g/mol. The van der Waals surface area contributed by atoms with E-state index in [4.69, 9.17) is 21.1 Å². The number of carbonyl (C=O) groups excluding carboxylic acids is 2. The van der Waals surface area contributed by atoms with Crippen LogP contribution in [0.25, 0.3) is 6.08 Å². The number of methoxy groups -OCH3 is 1. The monoisotopic (exact) mass is 389 g/mol. The Morgan fingerprint density at radius 1 is 1.22 bits per heavy atom. The fraction of sp³-hybridized carbons (Fsp3) is 0.333. The van der Waals surface area contributed by atoms with Crippen molar-refractivity contribution in [1.82, 2.24) is 4.57 Å². The molecular formula is C21H24ClNO4. The standard InChI is InChI=1S/C21H24ClNO4/c1-15-12-19(16(2)23(15)10-5-11-26-3)20(24)14-27-21(25)9-8-17-6-4-7-18(22)13-17/h4,6-9,12-13H,5,10-11,14H2,1-3H3/b9-8+. The molecule has 5 nitrogen and oxygen atoms in total. The number of ketones is 1. The van der Waals surface area contributed by atoms with E-state index in [-0.39, 0.29) is 12.4 Å². The van der Waals surface area contributed by atoms with Crippen LogP contribution in [0.5, 0.6) is 0 Å². The van der Waals surface area contributed by atoms with Crippen molar-refractivity contribution >= 4 is 29.4 Å². The molecule has 0 aliphatic rings. The van der Waals surface area contributed by atoms with E-state index in [1.54, 1.807) is 31.4 Å². The molecule has 0 saturated heterocycles. The number of hydrogen-bond donors (Lipinski definition) is 0. The largest absolute Gasteiger partial charge is 0.454 e. The van der Waals surface area contributed by atoms with Crippen molar-refractivity contribution in [2.45, 2.75) is 26.8 Å². The van der Waals surface area contributed by atoms with Crippen LogP contribution in [0.15, 0.2) is 36.4 Å². The highest BCUT2D eigenvalue weighted by atomic mass is 35.5. The number of hydrogen-bond acceptors (Lipinski definition) is 4. The second-order valence-electron chi connectivity index (χ2n) is 6.20. The number of aromatic nitrogens is 1. The van der Waals surface area contributed by atoms with Crippen LogP contribution in [0, 0.1) is 13.8 Å². The first-order valence-electron chi connectivity index (χ1n) is 8.71. The molecule has 0 amide bonds. The van der Waals surface area contributed by atoms with Gasteiger partial charge in [0.2, 0.25) is 5.78 Å². The molecule has 2 rings (SSSR count). The molecule has 0 aliphatic heterocycles. The van der Waals surface area contributed by atoms with Crippen molar-refractivity contribution in [3.8, 4) is 0 Å². The summed E-state index contributed by atoms with van der Waals surface area (Å²) in [6.45, 7) is 5.00. The summed E-state index contributed by atoms with van der Waals surface area (Å²) in [5, 5.41) is 0.585. The van der Waals surface area contributed by atoms with Crippen LogP contribution in [0.1, 0.15) is 33.7 Å². The van der Waals surface area contributed by atoms with Crippen molar-refractivity contribution in [3.63, 3.8) is 0 Å². The Morgan fingerprint density at radius 2 is 2.00 bits per heavy atom. The number of carbonyl (C=O) groups is 2. The van der Waals surface area contributed by atoms with Gasteiger partial charge in [0.1, 0.15) is 0 Å². The van der Waals surface area contributed by atoms with E-state index in [2.05, 4.69) is 4.57 Å². The average Bonchev–Trinajstić information content (AvgIpc) is 2.93. The summed E-state index contributed by atoms with van der Waals surface area (Å²) in [6.07, 6.45) is 3.75. The molecule has 0 radical (unpaired) electrons. The third kappa shape index (κ3) is 6.08. The Kier molecular flexibility index (Phi) is 7.82. The number of aryl methyl sites for hydroxylation is 1. The van der Waals surface area contributed by atoms with Gasteiger partial charge in [-0.25, -0.2) is 4.79 Å². The average molecular weight is 390 g/mol. The van der Waals surface area contributed by atoms with Gasteiger partial charge in [0.05, 0.1) is 0 Å². The van der Waals surface area contributed by atoms with Crippen LogP contribution in [-0.2, 0) is 20.8 Å². The Hall–Kier alpha value is -2.37. The number of rotatable bonds is 9. The smallest absolute Gasteiger partial charge is 0.331 e. The number of esters is 1. The lowest BCUT2D eigenvalue weighted by molar-refractivity contribution is -0.136. The summed E-state index contributed by atoms with van der Waals surface area (Å²) in [5.74, 6) is -0.789.